The number of carbonyl (C=O) groups is 3. The fraction of sp³-hybridized carbons (Fsp3) is 0.412. The summed E-state index contributed by atoms with van der Waals surface area (Å²) in [5, 5.41) is 17.5. The predicted octanol–water partition coefficient (Wildman–Crippen LogP) is 2.46. The highest BCUT2D eigenvalue weighted by Gasteiger charge is 2.27. The first-order chi connectivity index (χ1) is 13.7. The second kappa shape index (κ2) is 9.28. The Balaban J connectivity index is 2.29. The van der Waals surface area contributed by atoms with Crippen LogP contribution in [0.1, 0.15) is 44.6 Å². The number of aryl methyl sites for hydroxylation is 1. The number of aromatic nitrogens is 2. The number of amides is 1. The molecular weight excluding hydrogens is 404 g/mol. The number of hydrogen-bond acceptors (Lipinski definition) is 9. The van der Waals surface area contributed by atoms with Gasteiger partial charge in [0.25, 0.3) is 0 Å². The van der Waals surface area contributed by atoms with Crippen molar-refractivity contribution >= 4 is 39.9 Å². The molecule has 0 aliphatic rings. The molecule has 0 atom stereocenters. The third-order valence-corrected chi connectivity index (χ3v) is 5.02. The van der Waals surface area contributed by atoms with Gasteiger partial charge in [-0.05, 0) is 25.8 Å². The molecular formula is C17H20N4O7S. The minimum Gasteiger partial charge on any atom is -0.465 e. The predicted molar refractivity (Wildman–Crippen MR) is 103 cm³/mol. The van der Waals surface area contributed by atoms with Crippen molar-refractivity contribution in [1.29, 1.82) is 0 Å². The molecule has 2 aromatic rings. The lowest BCUT2D eigenvalue weighted by Gasteiger charge is -2.07. The van der Waals surface area contributed by atoms with Crippen molar-refractivity contribution in [3.63, 3.8) is 0 Å². The molecule has 0 bridgehead atoms. The molecule has 0 aromatic carbocycles. The van der Waals surface area contributed by atoms with Crippen LogP contribution < -0.4 is 5.32 Å². The standard InChI is InChI=1S/C17H20N4O7S/c1-5-6-28-16(23)13-9(2)14(17(24)27-4)29-15(13)18-12(22)8-20-7-11(21(25)26)10(3)19-20/h7H,5-6,8H2,1-4H3,(H,18,22). The molecule has 0 saturated carbocycles. The lowest BCUT2D eigenvalue weighted by Crippen LogP contribution is -2.20. The molecule has 0 spiro atoms. The molecule has 0 aliphatic carbocycles. The zero-order valence-electron chi connectivity index (χ0n) is 16.3. The maximum absolute atomic E-state index is 12.4. The van der Waals surface area contributed by atoms with E-state index in [2.05, 4.69) is 10.4 Å². The Bertz CT molecular complexity index is 963. The second-order valence-corrected chi connectivity index (χ2v) is 7.01. The average Bonchev–Trinajstić information content (AvgIpc) is 3.18. The monoisotopic (exact) mass is 424 g/mol. The maximum Gasteiger partial charge on any atom is 0.348 e. The van der Waals surface area contributed by atoms with E-state index in [0.29, 0.717) is 12.0 Å². The van der Waals surface area contributed by atoms with Gasteiger partial charge in [-0.25, -0.2) is 9.59 Å². The molecule has 1 amide bonds. The summed E-state index contributed by atoms with van der Waals surface area (Å²) in [4.78, 5) is 47.3. The number of rotatable bonds is 8. The SMILES string of the molecule is CCCOC(=O)c1c(NC(=O)Cn2cc([N+](=O)[O-])c(C)n2)sc(C(=O)OC)c1C. The first kappa shape index (κ1) is 22.0. The number of ether oxygens (including phenoxy) is 2. The summed E-state index contributed by atoms with van der Waals surface area (Å²) in [5.41, 5.74) is 0.372. The summed E-state index contributed by atoms with van der Waals surface area (Å²) in [6.45, 7) is 4.72. The van der Waals surface area contributed by atoms with Gasteiger partial charge >= 0.3 is 17.6 Å². The molecule has 11 nitrogen and oxygen atoms in total. The third-order valence-electron chi connectivity index (χ3n) is 3.83. The van der Waals surface area contributed by atoms with Gasteiger partial charge in [0.15, 0.2) is 0 Å². The van der Waals surface area contributed by atoms with Crippen LogP contribution >= 0.6 is 11.3 Å². The van der Waals surface area contributed by atoms with E-state index in [1.165, 1.54) is 14.0 Å². The largest absolute Gasteiger partial charge is 0.465 e. The van der Waals surface area contributed by atoms with E-state index in [9.17, 15) is 24.5 Å². The summed E-state index contributed by atoms with van der Waals surface area (Å²) in [7, 11) is 1.21. The molecule has 0 unspecified atom stereocenters. The highest BCUT2D eigenvalue weighted by Crippen LogP contribution is 2.34. The Morgan fingerprint density at radius 2 is 2.00 bits per heavy atom. The second-order valence-electron chi connectivity index (χ2n) is 5.99. The number of nitro groups is 1. The summed E-state index contributed by atoms with van der Waals surface area (Å²) < 4.78 is 11.0. The zero-order valence-corrected chi connectivity index (χ0v) is 17.1. The van der Waals surface area contributed by atoms with Crippen molar-refractivity contribution in [2.24, 2.45) is 0 Å². The molecule has 1 N–H and O–H groups in total. The Labute approximate surface area is 169 Å². The van der Waals surface area contributed by atoms with Crippen molar-refractivity contribution in [3.05, 3.63) is 38.0 Å². The summed E-state index contributed by atoms with van der Waals surface area (Å²) in [6, 6.07) is 0. The number of nitrogens with zero attached hydrogens (tertiary/aromatic N) is 3. The van der Waals surface area contributed by atoms with Gasteiger partial charge in [-0.1, -0.05) is 6.92 Å². The van der Waals surface area contributed by atoms with E-state index in [4.69, 9.17) is 9.47 Å². The lowest BCUT2D eigenvalue weighted by atomic mass is 10.1. The van der Waals surface area contributed by atoms with Crippen LogP contribution in [0.15, 0.2) is 6.20 Å². The van der Waals surface area contributed by atoms with Crippen LogP contribution in [0.2, 0.25) is 0 Å². The normalized spacial score (nSPS) is 10.5. The van der Waals surface area contributed by atoms with E-state index in [1.807, 2.05) is 6.92 Å². The fourth-order valence-electron chi connectivity index (χ4n) is 2.48. The minimum absolute atomic E-state index is 0.0693. The smallest absolute Gasteiger partial charge is 0.348 e. The van der Waals surface area contributed by atoms with Crippen molar-refractivity contribution in [2.75, 3.05) is 19.0 Å². The number of nitrogens with one attached hydrogen (secondary N) is 1. The van der Waals surface area contributed by atoms with Gasteiger partial charge in [0.05, 0.1) is 24.2 Å². The Morgan fingerprint density at radius 1 is 1.31 bits per heavy atom. The first-order valence-electron chi connectivity index (χ1n) is 8.56. The first-order valence-corrected chi connectivity index (χ1v) is 9.38. The number of methoxy groups -OCH3 is 1. The van der Waals surface area contributed by atoms with Crippen molar-refractivity contribution in [2.45, 2.75) is 33.7 Å². The third kappa shape index (κ3) is 4.96. The van der Waals surface area contributed by atoms with Gasteiger partial charge in [-0.15, -0.1) is 11.3 Å². The average molecular weight is 424 g/mol. The molecule has 0 radical (unpaired) electrons. The van der Waals surface area contributed by atoms with E-state index < -0.39 is 22.8 Å². The highest BCUT2D eigenvalue weighted by atomic mass is 32.1. The molecule has 0 fully saturated rings. The lowest BCUT2D eigenvalue weighted by molar-refractivity contribution is -0.385. The van der Waals surface area contributed by atoms with E-state index >= 15 is 0 Å². The number of carbonyl (C=O) groups excluding carboxylic acids is 3. The van der Waals surface area contributed by atoms with Crippen LogP contribution in [0.5, 0.6) is 0 Å². The van der Waals surface area contributed by atoms with E-state index in [-0.39, 0.29) is 40.0 Å². The molecule has 156 valence electrons. The van der Waals surface area contributed by atoms with E-state index in [1.54, 1.807) is 6.92 Å². The van der Waals surface area contributed by atoms with Crippen LogP contribution in [0, 0.1) is 24.0 Å². The summed E-state index contributed by atoms with van der Waals surface area (Å²) in [6.07, 6.45) is 1.75. The minimum atomic E-state index is -0.670. The van der Waals surface area contributed by atoms with Gasteiger partial charge in [-0.3, -0.25) is 19.6 Å². The topological polar surface area (TPSA) is 143 Å². The van der Waals surface area contributed by atoms with Crippen LogP contribution in [0.4, 0.5) is 10.7 Å². The summed E-state index contributed by atoms with van der Waals surface area (Å²) in [5.74, 6) is -1.89. The maximum atomic E-state index is 12.4. The van der Waals surface area contributed by atoms with E-state index in [0.717, 1.165) is 22.2 Å². The highest BCUT2D eigenvalue weighted by molar-refractivity contribution is 7.18. The molecule has 29 heavy (non-hydrogen) atoms. The van der Waals surface area contributed by atoms with Crippen molar-refractivity contribution in [1.82, 2.24) is 9.78 Å². The molecule has 12 heteroatoms. The molecule has 0 saturated heterocycles. The number of thiophene rings is 1. The number of hydrogen-bond donors (Lipinski definition) is 1. The van der Waals surface area contributed by atoms with Gasteiger partial charge < -0.3 is 14.8 Å². The van der Waals surface area contributed by atoms with Crippen LogP contribution in [0.3, 0.4) is 0 Å². The quantitative estimate of drug-likeness (QED) is 0.387. The van der Waals surface area contributed by atoms with Crippen molar-refractivity contribution < 1.29 is 28.8 Å². The molecule has 2 rings (SSSR count). The van der Waals surface area contributed by atoms with Crippen molar-refractivity contribution in [3.8, 4) is 0 Å². The summed E-state index contributed by atoms with van der Waals surface area (Å²) >= 11 is 0.888. The van der Waals surface area contributed by atoms with Crippen LogP contribution in [-0.2, 0) is 20.8 Å². The zero-order chi connectivity index (χ0) is 21.7. The fourth-order valence-corrected chi connectivity index (χ4v) is 3.61. The van der Waals surface area contributed by atoms with Crippen LogP contribution in [0.25, 0.3) is 0 Å². The number of esters is 2. The van der Waals surface area contributed by atoms with Gasteiger partial charge in [0.2, 0.25) is 5.91 Å². The van der Waals surface area contributed by atoms with Crippen LogP contribution in [-0.4, -0.2) is 46.3 Å². The molecule has 0 aliphatic heterocycles. The number of anilines is 1. The molecule has 2 aromatic heterocycles. The molecule has 2 heterocycles. The van der Waals surface area contributed by atoms with Gasteiger partial charge in [0, 0.05) is 0 Å². The van der Waals surface area contributed by atoms with Gasteiger partial charge in [-0.2, -0.15) is 5.10 Å². The Morgan fingerprint density at radius 3 is 2.55 bits per heavy atom. The Hall–Kier alpha value is -3.28. The van der Waals surface area contributed by atoms with Gasteiger partial charge in [0.1, 0.15) is 28.3 Å². The Kier molecular flexibility index (Phi) is 7.04.